The number of ether oxygens (including phenoxy) is 1. The minimum absolute atomic E-state index is 0.115. The molecule has 0 unspecified atom stereocenters. The van der Waals surface area contributed by atoms with E-state index < -0.39 is 0 Å². The molecule has 0 radical (unpaired) electrons. The van der Waals surface area contributed by atoms with Gasteiger partial charge in [-0.15, -0.1) is 0 Å². The van der Waals surface area contributed by atoms with Gasteiger partial charge >= 0.3 is 0 Å². The number of carbonyl (C=O) groups is 1. The first-order valence-corrected chi connectivity index (χ1v) is 4.85. The maximum atomic E-state index is 11.4. The summed E-state index contributed by atoms with van der Waals surface area (Å²) >= 11 is 0. The van der Waals surface area contributed by atoms with Crippen molar-refractivity contribution in [2.24, 2.45) is 0 Å². The molecule has 1 aromatic rings. The van der Waals surface area contributed by atoms with E-state index in [-0.39, 0.29) is 11.4 Å². The van der Waals surface area contributed by atoms with Crippen molar-refractivity contribution in [1.82, 2.24) is 0 Å². The summed E-state index contributed by atoms with van der Waals surface area (Å²) in [5, 5.41) is 0. The summed E-state index contributed by atoms with van der Waals surface area (Å²) in [7, 11) is 1.71. The molecule has 0 saturated heterocycles. The average molecular weight is 190 g/mol. The van der Waals surface area contributed by atoms with Crippen molar-refractivity contribution in [1.29, 1.82) is 0 Å². The zero-order valence-corrected chi connectivity index (χ0v) is 8.54. The van der Waals surface area contributed by atoms with Crippen LogP contribution in [0.1, 0.15) is 35.7 Å². The molecule has 2 nitrogen and oxygen atoms in total. The fourth-order valence-electron chi connectivity index (χ4n) is 1.88. The predicted octanol–water partition coefficient (Wildman–Crippen LogP) is 2.52. The molecule has 0 aromatic heterocycles. The molecule has 0 bridgehead atoms. The highest BCUT2D eigenvalue weighted by molar-refractivity contribution is 5.96. The Hall–Kier alpha value is -1.15. The second-order valence-electron chi connectivity index (χ2n) is 3.80. The van der Waals surface area contributed by atoms with Gasteiger partial charge in [0.2, 0.25) is 0 Å². The maximum absolute atomic E-state index is 11.4. The van der Waals surface area contributed by atoms with Crippen LogP contribution in [-0.4, -0.2) is 12.9 Å². The summed E-state index contributed by atoms with van der Waals surface area (Å²) in [6.07, 6.45) is 2.04. The van der Waals surface area contributed by atoms with Crippen LogP contribution in [0.5, 0.6) is 0 Å². The molecule has 1 aromatic carbocycles. The monoisotopic (exact) mass is 190 g/mol. The van der Waals surface area contributed by atoms with Crippen LogP contribution in [0, 0.1) is 0 Å². The van der Waals surface area contributed by atoms with E-state index >= 15 is 0 Å². The molecule has 74 valence electrons. The zero-order chi connectivity index (χ0) is 10.2. The SMILES string of the molecule is COC1(c2ccccc2C(C)=O)CC1. The Morgan fingerprint density at radius 3 is 2.50 bits per heavy atom. The third-order valence-electron chi connectivity index (χ3n) is 2.89. The zero-order valence-electron chi connectivity index (χ0n) is 8.54. The normalized spacial score (nSPS) is 17.9. The summed E-state index contributed by atoms with van der Waals surface area (Å²) < 4.78 is 5.47. The second-order valence-corrected chi connectivity index (χ2v) is 3.80. The Labute approximate surface area is 83.9 Å². The minimum Gasteiger partial charge on any atom is -0.374 e. The highest BCUT2D eigenvalue weighted by Crippen LogP contribution is 2.49. The van der Waals surface area contributed by atoms with Crippen molar-refractivity contribution in [3.63, 3.8) is 0 Å². The van der Waals surface area contributed by atoms with Gasteiger partial charge in [0.1, 0.15) is 0 Å². The molecule has 0 N–H and O–H groups in total. The number of carbonyl (C=O) groups excluding carboxylic acids is 1. The first-order valence-electron chi connectivity index (χ1n) is 4.85. The van der Waals surface area contributed by atoms with Gasteiger partial charge in [-0.25, -0.2) is 0 Å². The van der Waals surface area contributed by atoms with E-state index in [4.69, 9.17) is 4.74 Å². The van der Waals surface area contributed by atoms with Gasteiger partial charge in [0.15, 0.2) is 5.78 Å². The quantitative estimate of drug-likeness (QED) is 0.684. The molecule has 0 amide bonds. The fourth-order valence-corrected chi connectivity index (χ4v) is 1.88. The molecule has 2 heteroatoms. The number of rotatable bonds is 3. The number of Topliss-reactive ketones (excluding diaryl/α,β-unsaturated/α-hetero) is 1. The van der Waals surface area contributed by atoms with E-state index in [0.717, 1.165) is 24.0 Å². The van der Waals surface area contributed by atoms with Crippen LogP contribution in [0.15, 0.2) is 24.3 Å². The highest BCUT2D eigenvalue weighted by Gasteiger charge is 2.46. The van der Waals surface area contributed by atoms with Crippen molar-refractivity contribution in [3.8, 4) is 0 Å². The fraction of sp³-hybridized carbons (Fsp3) is 0.417. The molecule has 0 spiro atoms. The Kier molecular flexibility index (Phi) is 2.16. The van der Waals surface area contributed by atoms with E-state index in [1.54, 1.807) is 14.0 Å². The van der Waals surface area contributed by atoms with Crippen molar-refractivity contribution >= 4 is 5.78 Å². The molecule has 1 fully saturated rings. The average Bonchev–Trinajstić information content (AvgIpc) is 2.98. The molecule has 0 heterocycles. The van der Waals surface area contributed by atoms with Crippen molar-refractivity contribution in [2.45, 2.75) is 25.4 Å². The first kappa shape index (κ1) is 9.41. The van der Waals surface area contributed by atoms with Crippen LogP contribution in [0.4, 0.5) is 0 Å². The number of methoxy groups -OCH3 is 1. The van der Waals surface area contributed by atoms with Crippen molar-refractivity contribution in [2.75, 3.05) is 7.11 Å². The van der Waals surface area contributed by atoms with Gasteiger partial charge in [-0.1, -0.05) is 24.3 Å². The number of benzene rings is 1. The Morgan fingerprint density at radius 1 is 1.36 bits per heavy atom. The number of hydrogen-bond acceptors (Lipinski definition) is 2. The first-order chi connectivity index (χ1) is 6.69. The van der Waals surface area contributed by atoms with E-state index in [1.807, 2.05) is 24.3 Å². The summed E-state index contributed by atoms with van der Waals surface area (Å²) in [6.45, 7) is 1.60. The standard InChI is InChI=1S/C12H14O2/c1-9(13)10-5-3-4-6-11(10)12(14-2)7-8-12/h3-6H,7-8H2,1-2H3. The van der Waals surface area contributed by atoms with E-state index in [2.05, 4.69) is 0 Å². The molecular formula is C12H14O2. The van der Waals surface area contributed by atoms with E-state index in [9.17, 15) is 4.79 Å². The minimum atomic E-state index is -0.164. The van der Waals surface area contributed by atoms with Crippen LogP contribution >= 0.6 is 0 Å². The lowest BCUT2D eigenvalue weighted by molar-refractivity contribution is 0.0767. The van der Waals surface area contributed by atoms with Crippen LogP contribution < -0.4 is 0 Å². The lowest BCUT2D eigenvalue weighted by atomic mass is 9.98. The largest absolute Gasteiger partial charge is 0.374 e. The molecular weight excluding hydrogens is 176 g/mol. The van der Waals surface area contributed by atoms with Gasteiger partial charge in [0.25, 0.3) is 0 Å². The molecule has 1 saturated carbocycles. The third kappa shape index (κ3) is 1.36. The molecule has 2 rings (SSSR count). The molecule has 1 aliphatic rings. The Balaban J connectivity index is 2.47. The van der Waals surface area contributed by atoms with Crippen LogP contribution in [-0.2, 0) is 10.3 Å². The van der Waals surface area contributed by atoms with Gasteiger partial charge in [-0.3, -0.25) is 4.79 Å². The second kappa shape index (κ2) is 3.21. The number of ketones is 1. The lowest BCUT2D eigenvalue weighted by Gasteiger charge is -2.16. The van der Waals surface area contributed by atoms with Gasteiger partial charge in [-0.2, -0.15) is 0 Å². The topological polar surface area (TPSA) is 26.3 Å². The molecule has 0 aliphatic heterocycles. The Bertz CT molecular complexity index is 364. The molecule has 14 heavy (non-hydrogen) atoms. The number of hydrogen-bond donors (Lipinski definition) is 0. The van der Waals surface area contributed by atoms with Crippen LogP contribution in [0.2, 0.25) is 0 Å². The van der Waals surface area contributed by atoms with Gasteiger partial charge in [0, 0.05) is 12.7 Å². The van der Waals surface area contributed by atoms with Crippen molar-refractivity contribution in [3.05, 3.63) is 35.4 Å². The van der Waals surface area contributed by atoms with Gasteiger partial charge in [-0.05, 0) is 25.3 Å². The molecule has 0 atom stereocenters. The Morgan fingerprint density at radius 2 is 2.00 bits per heavy atom. The summed E-state index contributed by atoms with van der Waals surface area (Å²) in [6, 6.07) is 7.72. The predicted molar refractivity (Wildman–Crippen MR) is 54.4 cm³/mol. The summed E-state index contributed by atoms with van der Waals surface area (Å²) in [4.78, 5) is 11.4. The lowest BCUT2D eigenvalue weighted by Crippen LogP contribution is -2.13. The van der Waals surface area contributed by atoms with Gasteiger partial charge in [0.05, 0.1) is 5.60 Å². The molecule has 1 aliphatic carbocycles. The van der Waals surface area contributed by atoms with Crippen LogP contribution in [0.25, 0.3) is 0 Å². The maximum Gasteiger partial charge on any atom is 0.160 e. The van der Waals surface area contributed by atoms with Crippen LogP contribution in [0.3, 0.4) is 0 Å². The van der Waals surface area contributed by atoms with E-state index in [0.29, 0.717) is 0 Å². The van der Waals surface area contributed by atoms with Crippen molar-refractivity contribution < 1.29 is 9.53 Å². The third-order valence-corrected chi connectivity index (χ3v) is 2.89. The van der Waals surface area contributed by atoms with E-state index in [1.165, 1.54) is 0 Å². The highest BCUT2D eigenvalue weighted by atomic mass is 16.5. The smallest absolute Gasteiger partial charge is 0.160 e. The summed E-state index contributed by atoms with van der Waals surface area (Å²) in [5.41, 5.74) is 1.68. The summed E-state index contributed by atoms with van der Waals surface area (Å²) in [5.74, 6) is 0.115. The van der Waals surface area contributed by atoms with Gasteiger partial charge < -0.3 is 4.74 Å².